The molecular formula is C20H24N4O2. The van der Waals surface area contributed by atoms with Crippen LogP contribution >= 0.6 is 0 Å². The number of rotatable bonds is 6. The molecule has 0 saturated carbocycles. The second-order valence-electron chi connectivity index (χ2n) is 6.37. The zero-order valence-corrected chi connectivity index (χ0v) is 15.0. The molecule has 0 N–H and O–H groups in total. The number of carbonyl (C=O) groups excluding carboxylic acids is 2. The Kier molecular flexibility index (Phi) is 5.84. The van der Waals surface area contributed by atoms with E-state index in [1.807, 2.05) is 48.2 Å². The van der Waals surface area contributed by atoms with Crippen molar-refractivity contribution in [3.63, 3.8) is 0 Å². The molecule has 1 aromatic heterocycles. The highest BCUT2D eigenvalue weighted by atomic mass is 16.2. The SMILES string of the molecule is CCN(Cc1ccccc1)C(=O)c1cncc(N2CCN(C=O)CC2)c1. The van der Waals surface area contributed by atoms with Gasteiger partial charge in [0.15, 0.2) is 0 Å². The molecule has 1 fully saturated rings. The summed E-state index contributed by atoms with van der Waals surface area (Å²) in [4.78, 5) is 33.8. The van der Waals surface area contributed by atoms with Crippen molar-refractivity contribution in [1.82, 2.24) is 14.8 Å². The zero-order valence-electron chi connectivity index (χ0n) is 15.0. The van der Waals surface area contributed by atoms with Crippen LogP contribution in [0, 0.1) is 0 Å². The molecule has 2 heterocycles. The number of hydrogen-bond acceptors (Lipinski definition) is 4. The van der Waals surface area contributed by atoms with E-state index in [1.165, 1.54) is 0 Å². The third-order valence-electron chi connectivity index (χ3n) is 4.68. The molecular weight excluding hydrogens is 328 g/mol. The van der Waals surface area contributed by atoms with Gasteiger partial charge in [-0.05, 0) is 18.6 Å². The van der Waals surface area contributed by atoms with Crippen LogP contribution in [0.4, 0.5) is 5.69 Å². The topological polar surface area (TPSA) is 56.8 Å². The molecule has 0 bridgehead atoms. The number of piperazine rings is 1. The van der Waals surface area contributed by atoms with Crippen LogP contribution in [0.25, 0.3) is 0 Å². The van der Waals surface area contributed by atoms with Gasteiger partial charge in [-0.2, -0.15) is 0 Å². The van der Waals surface area contributed by atoms with Gasteiger partial charge in [0.05, 0.1) is 17.4 Å². The van der Waals surface area contributed by atoms with Gasteiger partial charge in [-0.15, -0.1) is 0 Å². The van der Waals surface area contributed by atoms with Gasteiger partial charge < -0.3 is 14.7 Å². The molecule has 6 heteroatoms. The van der Waals surface area contributed by atoms with Crippen LogP contribution in [0.2, 0.25) is 0 Å². The third kappa shape index (κ3) is 4.20. The van der Waals surface area contributed by atoms with E-state index in [4.69, 9.17) is 0 Å². The molecule has 1 aliphatic rings. The average molecular weight is 352 g/mol. The van der Waals surface area contributed by atoms with Gasteiger partial charge in [0.2, 0.25) is 6.41 Å². The van der Waals surface area contributed by atoms with Crippen molar-refractivity contribution in [3.05, 3.63) is 59.9 Å². The lowest BCUT2D eigenvalue weighted by molar-refractivity contribution is -0.118. The number of pyridine rings is 1. The summed E-state index contributed by atoms with van der Waals surface area (Å²) in [6.45, 7) is 6.08. The highest BCUT2D eigenvalue weighted by Gasteiger charge is 2.19. The fourth-order valence-electron chi connectivity index (χ4n) is 3.12. The van der Waals surface area contributed by atoms with Crippen LogP contribution < -0.4 is 4.90 Å². The highest BCUT2D eigenvalue weighted by Crippen LogP contribution is 2.18. The normalized spacial score (nSPS) is 14.2. The minimum atomic E-state index is -0.0165. The standard InChI is InChI=1S/C20H24N4O2/c1-2-23(15-17-6-4-3-5-7-17)20(26)18-12-19(14-21-13-18)24-10-8-22(16-25)9-11-24/h3-7,12-14,16H,2,8-11,15H2,1H3. The second kappa shape index (κ2) is 8.47. The van der Waals surface area contributed by atoms with Gasteiger partial charge in [-0.25, -0.2) is 0 Å². The van der Waals surface area contributed by atoms with E-state index in [0.29, 0.717) is 31.7 Å². The summed E-state index contributed by atoms with van der Waals surface area (Å²) in [5.74, 6) is -0.0165. The van der Waals surface area contributed by atoms with E-state index in [0.717, 1.165) is 30.8 Å². The lowest BCUT2D eigenvalue weighted by Crippen LogP contribution is -2.45. The average Bonchev–Trinajstić information content (AvgIpc) is 2.72. The molecule has 0 atom stereocenters. The first-order valence-corrected chi connectivity index (χ1v) is 8.94. The monoisotopic (exact) mass is 352 g/mol. The summed E-state index contributed by atoms with van der Waals surface area (Å²) in [6, 6.07) is 11.9. The third-order valence-corrected chi connectivity index (χ3v) is 4.68. The number of anilines is 1. The first kappa shape index (κ1) is 17.9. The largest absolute Gasteiger partial charge is 0.367 e. The van der Waals surface area contributed by atoms with E-state index < -0.39 is 0 Å². The summed E-state index contributed by atoms with van der Waals surface area (Å²) in [6.07, 6.45) is 4.29. The molecule has 2 amide bonds. The fraction of sp³-hybridized carbons (Fsp3) is 0.350. The molecule has 0 aliphatic carbocycles. The molecule has 0 spiro atoms. The number of carbonyl (C=O) groups is 2. The lowest BCUT2D eigenvalue weighted by Gasteiger charge is -2.34. The molecule has 3 rings (SSSR count). The summed E-state index contributed by atoms with van der Waals surface area (Å²) < 4.78 is 0. The van der Waals surface area contributed by atoms with Crippen LogP contribution in [0.15, 0.2) is 48.8 Å². The van der Waals surface area contributed by atoms with Crippen molar-refractivity contribution in [3.8, 4) is 0 Å². The van der Waals surface area contributed by atoms with Crippen molar-refractivity contribution in [2.24, 2.45) is 0 Å². The zero-order chi connectivity index (χ0) is 18.4. The van der Waals surface area contributed by atoms with Gasteiger partial charge in [-0.1, -0.05) is 30.3 Å². The fourth-order valence-corrected chi connectivity index (χ4v) is 3.12. The van der Waals surface area contributed by atoms with Crippen molar-refractivity contribution in [2.45, 2.75) is 13.5 Å². The highest BCUT2D eigenvalue weighted by molar-refractivity contribution is 5.94. The Balaban J connectivity index is 1.72. The molecule has 0 unspecified atom stereocenters. The number of benzene rings is 1. The molecule has 1 aromatic carbocycles. The molecule has 1 saturated heterocycles. The van der Waals surface area contributed by atoms with Crippen molar-refractivity contribution >= 4 is 18.0 Å². The van der Waals surface area contributed by atoms with E-state index in [-0.39, 0.29) is 5.91 Å². The molecule has 1 aliphatic heterocycles. The Hall–Kier alpha value is -2.89. The van der Waals surface area contributed by atoms with Gasteiger partial charge in [0, 0.05) is 45.5 Å². The summed E-state index contributed by atoms with van der Waals surface area (Å²) >= 11 is 0. The number of aromatic nitrogens is 1. The summed E-state index contributed by atoms with van der Waals surface area (Å²) in [5, 5.41) is 0. The maximum Gasteiger partial charge on any atom is 0.255 e. The van der Waals surface area contributed by atoms with Gasteiger partial charge in [0.1, 0.15) is 0 Å². The van der Waals surface area contributed by atoms with Gasteiger partial charge in [-0.3, -0.25) is 14.6 Å². The van der Waals surface area contributed by atoms with Crippen molar-refractivity contribution < 1.29 is 9.59 Å². The quantitative estimate of drug-likeness (QED) is 0.747. The molecule has 0 radical (unpaired) electrons. The first-order valence-electron chi connectivity index (χ1n) is 8.94. The Bertz CT molecular complexity index is 742. The molecule has 6 nitrogen and oxygen atoms in total. The summed E-state index contributed by atoms with van der Waals surface area (Å²) in [7, 11) is 0. The van der Waals surface area contributed by atoms with E-state index in [1.54, 1.807) is 17.3 Å². The minimum Gasteiger partial charge on any atom is -0.367 e. The lowest BCUT2D eigenvalue weighted by atomic mass is 10.1. The number of amides is 2. The van der Waals surface area contributed by atoms with Crippen LogP contribution in [0.5, 0.6) is 0 Å². The predicted molar refractivity (Wildman–Crippen MR) is 101 cm³/mol. The van der Waals surface area contributed by atoms with Crippen LogP contribution in [0.3, 0.4) is 0 Å². The maximum atomic E-state index is 12.9. The molecule has 2 aromatic rings. The van der Waals surface area contributed by atoms with Crippen LogP contribution in [-0.2, 0) is 11.3 Å². The van der Waals surface area contributed by atoms with Crippen LogP contribution in [0.1, 0.15) is 22.8 Å². The number of hydrogen-bond donors (Lipinski definition) is 0. The molecule has 136 valence electrons. The van der Waals surface area contributed by atoms with Crippen molar-refractivity contribution in [1.29, 1.82) is 0 Å². The van der Waals surface area contributed by atoms with Crippen LogP contribution in [-0.4, -0.2) is 59.8 Å². The molecule has 26 heavy (non-hydrogen) atoms. The minimum absolute atomic E-state index is 0.0165. The summed E-state index contributed by atoms with van der Waals surface area (Å²) in [5.41, 5.74) is 2.63. The Labute approximate surface area is 154 Å². The predicted octanol–water partition coefficient (Wildman–Crippen LogP) is 2.02. The van der Waals surface area contributed by atoms with E-state index in [2.05, 4.69) is 9.88 Å². The first-order chi connectivity index (χ1) is 12.7. The smallest absolute Gasteiger partial charge is 0.255 e. The maximum absolute atomic E-state index is 12.9. The Morgan fingerprint density at radius 3 is 2.54 bits per heavy atom. The van der Waals surface area contributed by atoms with Crippen molar-refractivity contribution in [2.75, 3.05) is 37.6 Å². The van der Waals surface area contributed by atoms with Gasteiger partial charge >= 0.3 is 0 Å². The Morgan fingerprint density at radius 1 is 1.15 bits per heavy atom. The van der Waals surface area contributed by atoms with E-state index >= 15 is 0 Å². The van der Waals surface area contributed by atoms with Gasteiger partial charge in [0.25, 0.3) is 5.91 Å². The number of nitrogens with zero attached hydrogens (tertiary/aromatic N) is 4. The Morgan fingerprint density at radius 2 is 1.88 bits per heavy atom. The van der Waals surface area contributed by atoms with E-state index in [9.17, 15) is 9.59 Å². The second-order valence-corrected chi connectivity index (χ2v) is 6.37.